The van der Waals surface area contributed by atoms with Crippen LogP contribution in [0, 0.1) is 11.8 Å². The van der Waals surface area contributed by atoms with E-state index >= 15 is 0 Å². The Hall–Kier alpha value is -1.79. The van der Waals surface area contributed by atoms with E-state index in [9.17, 15) is 9.59 Å². The molecular weight excluding hydrogens is 380 g/mol. The summed E-state index contributed by atoms with van der Waals surface area (Å²) in [6.07, 6.45) is 4.76. The van der Waals surface area contributed by atoms with Crippen LogP contribution in [-0.4, -0.2) is 53.8 Å². The number of hydrogen-bond acceptors (Lipinski definition) is 10. The maximum atomic E-state index is 11.1. The van der Waals surface area contributed by atoms with Crippen LogP contribution in [0.25, 0.3) is 0 Å². The summed E-state index contributed by atoms with van der Waals surface area (Å²) in [5, 5.41) is 0. The van der Waals surface area contributed by atoms with Crippen molar-refractivity contribution in [2.45, 2.75) is 37.8 Å². The van der Waals surface area contributed by atoms with E-state index in [4.69, 9.17) is 38.5 Å². The molecule has 0 bridgehead atoms. The molecule has 2 fully saturated rings. The van der Waals surface area contributed by atoms with Gasteiger partial charge in [-0.2, -0.15) is 0 Å². The second kappa shape index (κ2) is 9.95. The van der Waals surface area contributed by atoms with Crippen molar-refractivity contribution >= 4 is 22.3 Å². The molecule has 0 aromatic rings. The van der Waals surface area contributed by atoms with E-state index in [0.29, 0.717) is 26.1 Å². The molecule has 2 aliphatic carbocycles. The van der Waals surface area contributed by atoms with Gasteiger partial charge in [0.2, 0.25) is 0 Å². The Balaban J connectivity index is 0.000000405. The Morgan fingerprint density at radius 3 is 1.41 bits per heavy atom. The van der Waals surface area contributed by atoms with Crippen molar-refractivity contribution in [3.63, 3.8) is 0 Å². The average Bonchev–Trinajstić information content (AvgIpc) is 3.43. The molecular formula is C16H26N2O8S-2. The number of carbonyl (C=O) groups excluding carboxylic acids is 2. The zero-order valence-corrected chi connectivity index (χ0v) is 16.2. The fourth-order valence-corrected chi connectivity index (χ4v) is 2.20. The summed E-state index contributed by atoms with van der Waals surface area (Å²) in [5.41, 5.74) is 9.87. The van der Waals surface area contributed by atoms with Crippen LogP contribution in [0.3, 0.4) is 0 Å². The lowest BCUT2D eigenvalue weighted by Gasteiger charge is -2.07. The van der Waals surface area contributed by atoms with Gasteiger partial charge < -0.3 is 30.0 Å². The molecule has 0 amide bonds. The smallest absolute Gasteiger partial charge is 0.326 e. The zero-order valence-electron chi connectivity index (χ0n) is 15.4. The van der Waals surface area contributed by atoms with E-state index in [-0.39, 0.29) is 23.8 Å². The van der Waals surface area contributed by atoms with Gasteiger partial charge in [-0.25, -0.2) is 0 Å². The van der Waals surface area contributed by atoms with Crippen molar-refractivity contribution in [1.82, 2.24) is 0 Å². The van der Waals surface area contributed by atoms with Gasteiger partial charge in [0.05, 0.1) is 13.2 Å². The van der Waals surface area contributed by atoms with Crippen LogP contribution < -0.4 is 11.5 Å². The number of carbonyl (C=O) groups is 2. The van der Waals surface area contributed by atoms with Crippen LogP contribution in [0.2, 0.25) is 0 Å². The normalized spacial score (nSPS) is 30.3. The highest BCUT2D eigenvalue weighted by Crippen LogP contribution is 2.43. The van der Waals surface area contributed by atoms with Crippen molar-refractivity contribution in [3.05, 3.63) is 25.3 Å². The molecule has 4 unspecified atom stereocenters. The summed E-state index contributed by atoms with van der Waals surface area (Å²) in [7, 11) is -5.17. The van der Waals surface area contributed by atoms with Crippen LogP contribution in [0.1, 0.15) is 26.7 Å². The number of nitrogens with two attached hydrogens (primary N) is 2. The minimum Gasteiger partial charge on any atom is -0.759 e. The summed E-state index contributed by atoms with van der Waals surface area (Å²) < 4.78 is 43.7. The number of rotatable bonds is 6. The first-order valence-electron chi connectivity index (χ1n) is 8.14. The molecule has 0 aliphatic heterocycles. The minimum absolute atomic E-state index is 0.113. The van der Waals surface area contributed by atoms with Gasteiger partial charge in [-0.1, -0.05) is 12.2 Å². The van der Waals surface area contributed by atoms with Crippen molar-refractivity contribution in [1.29, 1.82) is 0 Å². The number of esters is 2. The second-order valence-corrected chi connectivity index (χ2v) is 6.84. The van der Waals surface area contributed by atoms with Crippen molar-refractivity contribution < 1.29 is 36.6 Å². The third-order valence-corrected chi connectivity index (χ3v) is 4.00. The Labute approximate surface area is 159 Å². The molecule has 0 aromatic carbocycles. The van der Waals surface area contributed by atoms with Crippen LogP contribution in [-0.2, 0) is 29.5 Å². The topological polar surface area (TPSA) is 185 Å². The third-order valence-electron chi connectivity index (χ3n) is 4.00. The Bertz CT molecular complexity index is 615. The lowest BCUT2D eigenvalue weighted by Crippen LogP contribution is -2.36. The van der Waals surface area contributed by atoms with Crippen LogP contribution in [0.15, 0.2) is 25.3 Å². The second-order valence-electron chi connectivity index (χ2n) is 6.02. The fraction of sp³-hybridized carbons (Fsp3) is 0.625. The summed E-state index contributed by atoms with van der Waals surface area (Å²) in [6.45, 7) is 11.5. The Kier molecular flexibility index (Phi) is 9.29. The highest BCUT2D eigenvalue weighted by atomic mass is 32.3. The maximum Gasteiger partial charge on any atom is 0.326 e. The van der Waals surface area contributed by atoms with E-state index < -0.39 is 21.5 Å². The highest BCUT2D eigenvalue weighted by molar-refractivity contribution is 7.79. The Morgan fingerprint density at radius 1 is 1.00 bits per heavy atom. The van der Waals surface area contributed by atoms with Crippen molar-refractivity contribution in [2.75, 3.05) is 13.2 Å². The monoisotopic (exact) mass is 406 g/mol. The lowest BCUT2D eigenvalue weighted by atomic mass is 10.2. The molecule has 2 rings (SSSR count). The lowest BCUT2D eigenvalue weighted by molar-refractivity contribution is -0.146. The molecule has 0 heterocycles. The van der Waals surface area contributed by atoms with E-state index in [1.165, 1.54) is 0 Å². The average molecular weight is 406 g/mol. The summed E-state index contributed by atoms with van der Waals surface area (Å²) in [4.78, 5) is 22.2. The minimum atomic E-state index is -5.17. The van der Waals surface area contributed by atoms with Gasteiger partial charge in [-0.3, -0.25) is 18.0 Å². The molecule has 2 aliphatic rings. The molecule has 0 saturated heterocycles. The molecule has 27 heavy (non-hydrogen) atoms. The molecule has 0 radical (unpaired) electrons. The van der Waals surface area contributed by atoms with Gasteiger partial charge >= 0.3 is 11.9 Å². The molecule has 4 atom stereocenters. The van der Waals surface area contributed by atoms with E-state index in [1.807, 2.05) is 0 Å². The van der Waals surface area contributed by atoms with Gasteiger partial charge in [0, 0.05) is 22.2 Å². The van der Waals surface area contributed by atoms with Gasteiger partial charge in [0.15, 0.2) is 0 Å². The largest absolute Gasteiger partial charge is 0.759 e. The third kappa shape index (κ3) is 8.18. The van der Waals surface area contributed by atoms with Gasteiger partial charge in [-0.05, 0) is 26.7 Å². The quantitative estimate of drug-likeness (QED) is 0.254. The van der Waals surface area contributed by atoms with E-state index in [2.05, 4.69) is 13.2 Å². The van der Waals surface area contributed by atoms with Crippen molar-refractivity contribution in [3.8, 4) is 0 Å². The van der Waals surface area contributed by atoms with Gasteiger partial charge in [0.25, 0.3) is 0 Å². The predicted octanol–water partition coefficient (Wildman–Crippen LogP) is -0.432. The summed E-state index contributed by atoms with van der Waals surface area (Å²) in [6, 6.07) is 0. The predicted molar refractivity (Wildman–Crippen MR) is 94.2 cm³/mol. The molecule has 11 heteroatoms. The first-order valence-corrected chi connectivity index (χ1v) is 9.47. The molecule has 156 valence electrons. The summed E-state index contributed by atoms with van der Waals surface area (Å²) in [5.74, 6) is -0.377. The molecule has 4 N–H and O–H groups in total. The highest BCUT2D eigenvalue weighted by Gasteiger charge is 2.57. The van der Waals surface area contributed by atoms with E-state index in [1.54, 1.807) is 26.0 Å². The van der Waals surface area contributed by atoms with Crippen molar-refractivity contribution in [2.24, 2.45) is 23.3 Å². The van der Waals surface area contributed by atoms with Gasteiger partial charge in [-0.15, -0.1) is 13.2 Å². The van der Waals surface area contributed by atoms with Crippen LogP contribution >= 0.6 is 0 Å². The van der Waals surface area contributed by atoms with E-state index in [0.717, 1.165) is 0 Å². The van der Waals surface area contributed by atoms with Crippen LogP contribution in [0.5, 0.6) is 0 Å². The summed E-state index contributed by atoms with van der Waals surface area (Å²) >= 11 is 0. The zero-order chi connectivity index (χ0) is 21.5. The molecule has 10 nitrogen and oxygen atoms in total. The molecule has 0 aromatic heterocycles. The maximum absolute atomic E-state index is 11.1. The SMILES string of the molecule is C=CC1CC1(N)C(=O)OCC.C=CC1CC1(N)C(=O)OCC.O=S(=O)([O-])[O-]. The first-order chi connectivity index (χ1) is 12.3. The number of hydrogen-bond donors (Lipinski definition) is 2. The Morgan fingerprint density at radius 2 is 1.26 bits per heavy atom. The molecule has 2 saturated carbocycles. The number of ether oxygens (including phenoxy) is 2. The van der Waals surface area contributed by atoms with Crippen LogP contribution in [0.4, 0.5) is 0 Å². The molecule has 0 spiro atoms. The van der Waals surface area contributed by atoms with Gasteiger partial charge in [0.1, 0.15) is 11.1 Å². The standard InChI is InChI=1S/2C8H13NO2.H2O4S/c2*1-3-6-5-8(6,9)7(10)11-4-2;1-5(2,3)4/h2*3,6H,1,4-5,9H2,2H3;(H2,1,2,3,4)/p-2. The first kappa shape index (κ1) is 25.2. The fourth-order valence-electron chi connectivity index (χ4n) is 2.20.